The van der Waals surface area contributed by atoms with Crippen molar-refractivity contribution in [2.24, 2.45) is 0 Å². The van der Waals surface area contributed by atoms with Crippen molar-refractivity contribution in [1.29, 1.82) is 0 Å². The summed E-state index contributed by atoms with van der Waals surface area (Å²) in [7, 11) is 0. The Balaban J connectivity index is 1.93. The Bertz CT molecular complexity index is 476. The van der Waals surface area contributed by atoms with Crippen LogP contribution in [0.15, 0.2) is 28.8 Å². The molecule has 0 spiro atoms. The van der Waals surface area contributed by atoms with Gasteiger partial charge in [0, 0.05) is 13.0 Å². The highest BCUT2D eigenvalue weighted by molar-refractivity contribution is 5.23. The quantitative estimate of drug-likeness (QED) is 0.878. The minimum atomic E-state index is 0.273. The van der Waals surface area contributed by atoms with E-state index in [-0.39, 0.29) is 6.04 Å². The minimum Gasteiger partial charge on any atom is -0.340 e. The lowest BCUT2D eigenvalue weighted by molar-refractivity contribution is 0.384. The van der Waals surface area contributed by atoms with Crippen molar-refractivity contribution in [1.82, 2.24) is 15.5 Å². The molecule has 4 heteroatoms. The Morgan fingerprint density at radius 1 is 1.24 bits per heavy atom. The van der Waals surface area contributed by atoms with Crippen LogP contribution in [0.5, 0.6) is 0 Å². The Labute approximate surface area is 101 Å². The molecule has 1 unspecified atom stereocenters. The molecule has 0 amide bonds. The van der Waals surface area contributed by atoms with Crippen molar-refractivity contribution in [2.75, 3.05) is 0 Å². The average Bonchev–Trinajstić information content (AvgIpc) is 2.73. The van der Waals surface area contributed by atoms with E-state index in [0.29, 0.717) is 18.3 Å². The van der Waals surface area contributed by atoms with Crippen molar-refractivity contribution < 1.29 is 4.52 Å². The first-order valence-electron chi connectivity index (χ1n) is 5.74. The van der Waals surface area contributed by atoms with Gasteiger partial charge in [0.05, 0.1) is 6.54 Å². The molecule has 1 heterocycles. The van der Waals surface area contributed by atoms with Gasteiger partial charge in [-0.2, -0.15) is 4.98 Å². The molecule has 0 saturated carbocycles. The van der Waals surface area contributed by atoms with E-state index in [9.17, 15) is 0 Å². The van der Waals surface area contributed by atoms with Gasteiger partial charge in [0.25, 0.3) is 0 Å². The molecule has 1 aromatic carbocycles. The number of hydrogen-bond donors (Lipinski definition) is 1. The molecule has 1 N–H and O–H groups in total. The van der Waals surface area contributed by atoms with Gasteiger partial charge in [-0.15, -0.1) is 0 Å². The lowest BCUT2D eigenvalue weighted by atomic mass is 10.1. The van der Waals surface area contributed by atoms with Gasteiger partial charge in [-0.3, -0.25) is 0 Å². The van der Waals surface area contributed by atoms with Crippen LogP contribution in [0.3, 0.4) is 0 Å². The van der Waals surface area contributed by atoms with Crippen LogP contribution in [0.25, 0.3) is 0 Å². The summed E-state index contributed by atoms with van der Waals surface area (Å²) < 4.78 is 4.92. The van der Waals surface area contributed by atoms with Gasteiger partial charge in [-0.25, -0.2) is 0 Å². The number of nitrogens with one attached hydrogen (secondary N) is 1. The summed E-state index contributed by atoms with van der Waals surface area (Å²) in [6.45, 7) is 6.62. The zero-order chi connectivity index (χ0) is 12.3. The molecule has 0 bridgehead atoms. The fourth-order valence-electron chi connectivity index (χ4n) is 1.63. The molecule has 2 aromatic rings. The third kappa shape index (κ3) is 3.14. The summed E-state index contributed by atoms with van der Waals surface area (Å²) in [5.74, 6) is 1.30. The van der Waals surface area contributed by atoms with Crippen molar-refractivity contribution in [2.45, 2.75) is 33.4 Å². The van der Waals surface area contributed by atoms with Gasteiger partial charge >= 0.3 is 0 Å². The predicted octanol–water partition coefficient (Wildman–Crippen LogP) is 2.54. The van der Waals surface area contributed by atoms with Gasteiger partial charge in [0.1, 0.15) is 0 Å². The Kier molecular flexibility index (Phi) is 3.54. The summed E-state index contributed by atoms with van der Waals surface area (Å²) in [6, 6.07) is 8.77. The van der Waals surface area contributed by atoms with Crippen molar-refractivity contribution in [3.8, 4) is 0 Å². The van der Waals surface area contributed by atoms with E-state index in [0.717, 1.165) is 0 Å². The smallest absolute Gasteiger partial charge is 0.223 e. The highest BCUT2D eigenvalue weighted by Crippen LogP contribution is 2.13. The molecule has 2 rings (SSSR count). The second-order valence-corrected chi connectivity index (χ2v) is 4.24. The number of benzene rings is 1. The van der Waals surface area contributed by atoms with E-state index < -0.39 is 0 Å². The summed E-state index contributed by atoms with van der Waals surface area (Å²) in [5, 5.41) is 7.21. The van der Waals surface area contributed by atoms with E-state index in [1.807, 2.05) is 0 Å². The molecule has 0 saturated heterocycles. The number of rotatable bonds is 4. The predicted molar refractivity (Wildman–Crippen MR) is 65.5 cm³/mol. The van der Waals surface area contributed by atoms with Crippen LogP contribution in [-0.2, 0) is 6.54 Å². The third-order valence-corrected chi connectivity index (χ3v) is 2.71. The van der Waals surface area contributed by atoms with E-state index in [1.54, 1.807) is 6.92 Å². The van der Waals surface area contributed by atoms with Gasteiger partial charge in [-0.05, 0) is 19.4 Å². The number of aryl methyl sites for hydroxylation is 2. The van der Waals surface area contributed by atoms with E-state index in [2.05, 4.69) is 53.6 Å². The molecular weight excluding hydrogens is 214 g/mol. The lowest BCUT2D eigenvalue weighted by Crippen LogP contribution is -2.18. The zero-order valence-electron chi connectivity index (χ0n) is 10.4. The van der Waals surface area contributed by atoms with Crippen LogP contribution in [0.2, 0.25) is 0 Å². The first kappa shape index (κ1) is 11.8. The normalized spacial score (nSPS) is 12.6. The van der Waals surface area contributed by atoms with Crippen LogP contribution in [0, 0.1) is 13.8 Å². The molecule has 0 fully saturated rings. The molecule has 1 atom stereocenters. The van der Waals surface area contributed by atoms with Gasteiger partial charge < -0.3 is 9.84 Å². The van der Waals surface area contributed by atoms with Crippen LogP contribution in [-0.4, -0.2) is 10.1 Å². The van der Waals surface area contributed by atoms with Crippen molar-refractivity contribution >= 4 is 0 Å². The Morgan fingerprint density at radius 2 is 1.94 bits per heavy atom. The maximum atomic E-state index is 4.92. The number of hydrogen-bond acceptors (Lipinski definition) is 4. The fourth-order valence-corrected chi connectivity index (χ4v) is 1.63. The first-order valence-corrected chi connectivity index (χ1v) is 5.74. The molecule has 90 valence electrons. The monoisotopic (exact) mass is 231 g/mol. The van der Waals surface area contributed by atoms with Crippen LogP contribution in [0.4, 0.5) is 0 Å². The lowest BCUT2D eigenvalue weighted by Gasteiger charge is -2.12. The summed E-state index contributed by atoms with van der Waals surface area (Å²) in [5.41, 5.74) is 2.53. The SMILES string of the molecule is Cc1ccc(C(C)NCc2noc(C)n2)cc1. The largest absolute Gasteiger partial charge is 0.340 e. The Hall–Kier alpha value is -1.68. The maximum Gasteiger partial charge on any atom is 0.223 e. The second kappa shape index (κ2) is 5.10. The number of aromatic nitrogens is 2. The van der Waals surface area contributed by atoms with E-state index in [4.69, 9.17) is 4.52 Å². The minimum absolute atomic E-state index is 0.273. The first-order chi connectivity index (χ1) is 8.15. The van der Waals surface area contributed by atoms with Crippen LogP contribution in [0.1, 0.15) is 35.8 Å². The molecule has 17 heavy (non-hydrogen) atoms. The fraction of sp³-hybridized carbons (Fsp3) is 0.385. The third-order valence-electron chi connectivity index (χ3n) is 2.71. The van der Waals surface area contributed by atoms with Crippen LogP contribution < -0.4 is 5.32 Å². The van der Waals surface area contributed by atoms with Gasteiger partial charge in [-0.1, -0.05) is 35.0 Å². The molecule has 0 aliphatic heterocycles. The van der Waals surface area contributed by atoms with Crippen molar-refractivity contribution in [3.05, 3.63) is 47.1 Å². The molecular formula is C13H17N3O. The molecule has 0 radical (unpaired) electrons. The standard InChI is InChI=1S/C13H17N3O/c1-9-4-6-12(7-5-9)10(2)14-8-13-15-11(3)17-16-13/h4-7,10,14H,8H2,1-3H3. The topological polar surface area (TPSA) is 51.0 Å². The molecule has 0 aliphatic carbocycles. The average molecular weight is 231 g/mol. The van der Waals surface area contributed by atoms with Gasteiger partial charge in [0.2, 0.25) is 5.89 Å². The van der Waals surface area contributed by atoms with Crippen LogP contribution >= 0.6 is 0 Å². The second-order valence-electron chi connectivity index (χ2n) is 4.24. The highest BCUT2D eigenvalue weighted by Gasteiger charge is 2.07. The summed E-state index contributed by atoms with van der Waals surface area (Å²) in [4.78, 5) is 4.15. The number of nitrogens with zero attached hydrogens (tertiary/aromatic N) is 2. The van der Waals surface area contributed by atoms with E-state index >= 15 is 0 Å². The molecule has 1 aromatic heterocycles. The van der Waals surface area contributed by atoms with E-state index in [1.165, 1.54) is 11.1 Å². The maximum absolute atomic E-state index is 4.92. The molecule has 4 nitrogen and oxygen atoms in total. The zero-order valence-corrected chi connectivity index (χ0v) is 10.4. The molecule has 0 aliphatic rings. The summed E-state index contributed by atoms with van der Waals surface area (Å²) >= 11 is 0. The summed E-state index contributed by atoms with van der Waals surface area (Å²) in [6.07, 6.45) is 0. The van der Waals surface area contributed by atoms with Gasteiger partial charge in [0.15, 0.2) is 5.82 Å². The Morgan fingerprint density at radius 3 is 2.53 bits per heavy atom. The highest BCUT2D eigenvalue weighted by atomic mass is 16.5. The van der Waals surface area contributed by atoms with Crippen molar-refractivity contribution in [3.63, 3.8) is 0 Å².